The second-order valence-electron chi connectivity index (χ2n) is 11.5. The van der Waals surface area contributed by atoms with Gasteiger partial charge < -0.3 is 60.5 Å². The van der Waals surface area contributed by atoms with Gasteiger partial charge in [0.15, 0.2) is 0 Å². The molecule has 3 aromatic carbocycles. The molecule has 9 rings (SSSR count). The van der Waals surface area contributed by atoms with Gasteiger partial charge in [-0.3, -0.25) is 0 Å². The molecule has 404 valence electrons. The predicted molar refractivity (Wildman–Crippen MR) is 292 cm³/mol. The molecule has 0 amide bonds. The molecule has 12 nitrogen and oxygen atoms in total. The number of benzene rings is 3. The van der Waals surface area contributed by atoms with Crippen LogP contribution in [0.3, 0.4) is 0 Å². The van der Waals surface area contributed by atoms with Gasteiger partial charge in [-0.05, 0) is 55.7 Å². The molecule has 6 fully saturated rings. The van der Waals surface area contributed by atoms with E-state index < -0.39 is 0 Å². The molecule has 0 saturated carbocycles. The summed E-state index contributed by atoms with van der Waals surface area (Å²) in [6.45, 7) is 12.3. The van der Waals surface area contributed by atoms with E-state index in [1.807, 2.05) is 18.2 Å². The standard InChI is InChI=1S/3C6H6O.3C4H8O.3C3H6O2.14CH4.Na.H2.H/c3*7-6-4-2-1-3-5-6;3*1-2-4-3-5-4;3*4-1-3-2-5-3;;;;;;;;;;;;;;;;;/h3*1-5,7H;3*4H,2-3H2,1H3;3*3-4H,1-2H2;14*1H4;;1H;/q;;;;;;;;;;;;;;;;;;;;;;;+1;;-1. The number of aromatic hydroxyl groups is 3. The van der Waals surface area contributed by atoms with Crippen LogP contribution in [0.5, 0.6) is 17.2 Å². The van der Waals surface area contributed by atoms with Gasteiger partial charge in [0, 0.05) is 1.43 Å². The van der Waals surface area contributed by atoms with Crippen LogP contribution in [0.4, 0.5) is 0 Å². The first-order chi connectivity index (χ1) is 24.8. The number of hydrogen-bond acceptors (Lipinski definition) is 12. The third kappa shape index (κ3) is 85.1. The second kappa shape index (κ2) is 71.7. The Morgan fingerprint density at radius 2 is 0.485 bits per heavy atom. The van der Waals surface area contributed by atoms with Gasteiger partial charge in [0.05, 0.1) is 77.8 Å². The van der Waals surface area contributed by atoms with Crippen LogP contribution in [0.2, 0.25) is 0 Å². The first kappa shape index (κ1) is 106. The van der Waals surface area contributed by atoms with E-state index in [1.165, 1.54) is 19.3 Å². The van der Waals surface area contributed by atoms with Crippen LogP contribution in [0, 0.1) is 0 Å². The summed E-state index contributed by atoms with van der Waals surface area (Å²) in [6.07, 6.45) is 6.06. The molecule has 0 bridgehead atoms. The third-order valence-electron chi connectivity index (χ3n) is 6.66. The minimum absolute atomic E-state index is 0. The average Bonchev–Trinajstić information content (AvgIpc) is 3.99. The monoisotopic (exact) mass is 971 g/mol. The molecule has 0 aliphatic carbocycles. The Kier molecular flexibility index (Phi) is 115. The van der Waals surface area contributed by atoms with Crippen LogP contribution in [-0.2, 0) is 28.4 Å². The maximum Gasteiger partial charge on any atom is 1.00 e. The molecule has 6 aliphatic rings. The van der Waals surface area contributed by atoms with Crippen molar-refractivity contribution in [3.63, 3.8) is 0 Å². The number of phenols is 3. The summed E-state index contributed by atoms with van der Waals surface area (Å²) < 4.78 is 28.4. The Balaban J connectivity index is -0.0000000279. The summed E-state index contributed by atoms with van der Waals surface area (Å²) >= 11 is 0. The van der Waals surface area contributed by atoms with Crippen molar-refractivity contribution in [2.24, 2.45) is 0 Å². The second-order valence-corrected chi connectivity index (χ2v) is 11.5. The molecular weight excluding hydrogens is 852 g/mol. The topological polar surface area (TPSA) is 197 Å². The summed E-state index contributed by atoms with van der Waals surface area (Å²) in [5.41, 5.74) is 0. The predicted octanol–water partition coefficient (Wildman–Crippen LogP) is 11.0. The number of epoxide rings is 6. The van der Waals surface area contributed by atoms with E-state index >= 15 is 0 Å². The van der Waals surface area contributed by atoms with E-state index in [-0.39, 0.29) is 175 Å². The van der Waals surface area contributed by atoms with Crippen molar-refractivity contribution in [3.05, 3.63) is 91.0 Å². The van der Waals surface area contributed by atoms with Gasteiger partial charge in [0.1, 0.15) is 35.6 Å². The Bertz CT molecular complexity index is 978. The largest absolute Gasteiger partial charge is 1.00 e. The minimum Gasteiger partial charge on any atom is -1.00 e. The Labute approximate surface area is 437 Å². The van der Waals surface area contributed by atoms with Gasteiger partial charge in [-0.2, -0.15) is 0 Å². The fourth-order valence-corrected chi connectivity index (χ4v) is 2.72. The quantitative estimate of drug-likeness (QED) is 0.101. The van der Waals surface area contributed by atoms with Crippen LogP contribution in [-0.4, -0.2) is 127 Å². The van der Waals surface area contributed by atoms with Crippen LogP contribution in [0.25, 0.3) is 0 Å². The van der Waals surface area contributed by atoms with Gasteiger partial charge in [-0.15, -0.1) is 0 Å². The number of hydrogen-bond donors (Lipinski definition) is 6. The first-order valence-electron chi connectivity index (χ1n) is 17.5. The van der Waals surface area contributed by atoms with Crippen molar-refractivity contribution in [3.8, 4) is 17.2 Å². The summed E-state index contributed by atoms with van der Waals surface area (Å²) in [5.74, 6) is 0.965. The maximum atomic E-state index is 8.63. The number of para-hydroxylation sites is 3. The van der Waals surface area contributed by atoms with Crippen LogP contribution < -0.4 is 29.6 Å². The number of rotatable bonds is 6. The zero-order valence-electron chi connectivity index (χ0n) is 32.2. The SMILES string of the molecule is C.C.C.C.C.C.C.C.C.C.C.C.C.C.CCC1CO1.CCC1CO1.CCC1CO1.OCC1CO1.OCC1CO1.OCC1CO1.Oc1ccccc1.Oc1ccccc1.Oc1ccccc1.[H-].[HH].[Na+]. The van der Waals surface area contributed by atoms with Crippen molar-refractivity contribution < 1.29 is 91.5 Å². The van der Waals surface area contributed by atoms with E-state index in [2.05, 4.69) is 35.0 Å². The maximum absolute atomic E-state index is 8.63. The Morgan fingerprint density at radius 1 is 0.348 bits per heavy atom. The summed E-state index contributed by atoms with van der Waals surface area (Å²) in [7, 11) is 0. The summed E-state index contributed by atoms with van der Waals surface area (Å²) in [5, 5.41) is 50.1. The number of ether oxygens (including phenoxy) is 6. The molecule has 0 aromatic heterocycles. The molecule has 6 unspecified atom stereocenters. The van der Waals surface area contributed by atoms with E-state index in [0.717, 1.165) is 39.6 Å². The molecule has 0 radical (unpaired) electrons. The number of phenolic OH excluding ortho intramolecular Hbond substituents is 3. The van der Waals surface area contributed by atoms with Crippen LogP contribution >= 0.6 is 0 Å². The molecule has 6 aliphatic heterocycles. The van der Waals surface area contributed by atoms with E-state index in [9.17, 15) is 0 Å². The zero-order valence-corrected chi connectivity index (χ0v) is 33.2. The normalized spacial score (nSPS) is 18.3. The van der Waals surface area contributed by atoms with Crippen LogP contribution in [0.1, 0.15) is 147 Å². The molecule has 6 N–H and O–H groups in total. The Morgan fingerprint density at radius 3 is 0.515 bits per heavy atom. The van der Waals surface area contributed by atoms with Gasteiger partial charge >= 0.3 is 29.6 Å². The van der Waals surface area contributed by atoms with Gasteiger partial charge in [0.2, 0.25) is 0 Å². The molecule has 66 heavy (non-hydrogen) atoms. The van der Waals surface area contributed by atoms with Crippen molar-refractivity contribution in [2.75, 3.05) is 59.5 Å². The fourth-order valence-electron chi connectivity index (χ4n) is 2.72. The van der Waals surface area contributed by atoms with E-state index in [1.54, 1.807) is 72.8 Å². The van der Waals surface area contributed by atoms with Gasteiger partial charge in [0.25, 0.3) is 0 Å². The number of aliphatic hydroxyl groups excluding tert-OH is 3. The smallest absolute Gasteiger partial charge is 1.00 e. The molecule has 13 heteroatoms. The fraction of sp³-hybridized carbons (Fsp3) is 0.660. The molecule has 6 saturated heterocycles. The summed E-state index contributed by atoms with van der Waals surface area (Å²) in [6, 6.07) is 26.1. The molecule has 6 atom stereocenters. The van der Waals surface area contributed by atoms with Gasteiger partial charge in [-0.25, -0.2) is 0 Å². The average molecular weight is 972 g/mol. The molecule has 6 heterocycles. The Hall–Kier alpha value is -2.30. The zero-order chi connectivity index (χ0) is 37.5. The van der Waals surface area contributed by atoms with Crippen LogP contribution in [0.15, 0.2) is 91.0 Å². The van der Waals surface area contributed by atoms with Gasteiger partial charge in [-0.1, -0.05) is 179 Å². The van der Waals surface area contributed by atoms with Crippen molar-refractivity contribution in [2.45, 2.75) is 181 Å². The van der Waals surface area contributed by atoms with E-state index in [4.69, 9.17) is 44.8 Å². The molecule has 0 spiro atoms. The first-order valence-corrected chi connectivity index (χ1v) is 17.5. The molecular formula is C53H119NaO12. The summed E-state index contributed by atoms with van der Waals surface area (Å²) in [4.78, 5) is 0. The number of aliphatic hydroxyl groups is 3. The third-order valence-corrected chi connectivity index (χ3v) is 6.66. The van der Waals surface area contributed by atoms with E-state index in [0.29, 0.717) is 35.6 Å². The van der Waals surface area contributed by atoms with Crippen molar-refractivity contribution >= 4 is 0 Å². The van der Waals surface area contributed by atoms with Crippen molar-refractivity contribution in [1.29, 1.82) is 0 Å². The minimum atomic E-state index is 0. The molecule has 3 aromatic rings. The van der Waals surface area contributed by atoms with Crippen molar-refractivity contribution in [1.82, 2.24) is 0 Å².